The van der Waals surface area contributed by atoms with E-state index in [-0.39, 0.29) is 23.7 Å². The molecule has 2 aromatic rings. The summed E-state index contributed by atoms with van der Waals surface area (Å²) in [7, 11) is 0. The lowest BCUT2D eigenvalue weighted by molar-refractivity contribution is -0.135. The van der Waals surface area contributed by atoms with Gasteiger partial charge in [-0.05, 0) is 60.4 Å². The van der Waals surface area contributed by atoms with Crippen molar-refractivity contribution in [2.75, 3.05) is 18.4 Å². The van der Waals surface area contributed by atoms with Gasteiger partial charge in [0, 0.05) is 30.6 Å². The molecule has 8 nitrogen and oxygen atoms in total. The predicted octanol–water partition coefficient (Wildman–Crippen LogP) is 1.25. The summed E-state index contributed by atoms with van der Waals surface area (Å²) in [6.07, 6.45) is 5.03. The average molecular weight is 340 g/mol. The van der Waals surface area contributed by atoms with Crippen LogP contribution in [0.15, 0.2) is 30.6 Å². The molecule has 1 saturated carbocycles. The quantitative estimate of drug-likeness (QED) is 0.904. The summed E-state index contributed by atoms with van der Waals surface area (Å²) in [5.74, 6) is 0.511. The Kier molecular flexibility index (Phi) is 4.17. The molecular formula is C17H20N6O2. The second kappa shape index (κ2) is 6.62. The van der Waals surface area contributed by atoms with Gasteiger partial charge in [-0.3, -0.25) is 9.59 Å². The Morgan fingerprint density at radius 3 is 2.32 bits per heavy atom. The van der Waals surface area contributed by atoms with Crippen LogP contribution in [0.2, 0.25) is 0 Å². The van der Waals surface area contributed by atoms with Crippen molar-refractivity contribution >= 4 is 17.5 Å². The van der Waals surface area contributed by atoms with E-state index in [1.807, 2.05) is 29.2 Å². The number of amides is 2. The highest BCUT2D eigenvalue weighted by Crippen LogP contribution is 2.32. The molecule has 1 aliphatic heterocycles. The molecule has 1 aromatic carbocycles. The van der Waals surface area contributed by atoms with Crippen molar-refractivity contribution in [1.29, 1.82) is 0 Å². The number of anilines is 1. The second-order valence-electron chi connectivity index (χ2n) is 6.66. The number of nitrogens with one attached hydrogen (secondary N) is 1. The van der Waals surface area contributed by atoms with E-state index in [0.29, 0.717) is 13.1 Å². The predicted molar refractivity (Wildman–Crippen MR) is 89.8 cm³/mol. The van der Waals surface area contributed by atoms with E-state index < -0.39 is 0 Å². The van der Waals surface area contributed by atoms with E-state index >= 15 is 0 Å². The molecule has 1 saturated heterocycles. The highest BCUT2D eigenvalue weighted by Gasteiger charge is 2.35. The zero-order valence-electron chi connectivity index (χ0n) is 13.8. The third kappa shape index (κ3) is 3.52. The minimum Gasteiger partial charge on any atom is -0.342 e. The SMILES string of the molecule is O=C(Nc1ccc(-n2cnnn2)cc1)C1CCN(C(=O)C2CC2)CC1. The molecule has 0 radical (unpaired) electrons. The molecule has 1 aliphatic carbocycles. The summed E-state index contributed by atoms with van der Waals surface area (Å²) in [5.41, 5.74) is 1.58. The van der Waals surface area contributed by atoms with Gasteiger partial charge < -0.3 is 10.2 Å². The number of carbonyl (C=O) groups is 2. The van der Waals surface area contributed by atoms with Crippen LogP contribution in [0.1, 0.15) is 25.7 Å². The van der Waals surface area contributed by atoms with E-state index in [1.165, 1.54) is 6.33 Å². The normalized spacial score (nSPS) is 18.2. The van der Waals surface area contributed by atoms with Crippen LogP contribution in [0.5, 0.6) is 0 Å². The average Bonchev–Trinajstić information content (AvgIpc) is 3.36. The minimum absolute atomic E-state index is 0.0219. The molecule has 0 bridgehead atoms. The molecule has 2 heterocycles. The number of nitrogens with zero attached hydrogens (tertiary/aromatic N) is 5. The van der Waals surface area contributed by atoms with Gasteiger partial charge in [0.2, 0.25) is 11.8 Å². The number of likely N-dealkylation sites (tertiary alicyclic amines) is 1. The van der Waals surface area contributed by atoms with E-state index in [1.54, 1.807) is 4.68 Å². The molecule has 1 N–H and O–H groups in total. The van der Waals surface area contributed by atoms with Crippen molar-refractivity contribution in [3.8, 4) is 5.69 Å². The first kappa shape index (κ1) is 15.7. The molecule has 8 heteroatoms. The summed E-state index contributed by atoms with van der Waals surface area (Å²) in [5, 5.41) is 14.0. The smallest absolute Gasteiger partial charge is 0.227 e. The summed E-state index contributed by atoms with van der Waals surface area (Å²) in [6.45, 7) is 1.37. The van der Waals surface area contributed by atoms with Gasteiger partial charge >= 0.3 is 0 Å². The lowest BCUT2D eigenvalue weighted by Crippen LogP contribution is -2.42. The van der Waals surface area contributed by atoms with Gasteiger partial charge in [-0.15, -0.1) is 5.10 Å². The molecule has 130 valence electrons. The fourth-order valence-corrected chi connectivity index (χ4v) is 3.17. The van der Waals surface area contributed by atoms with Crippen LogP contribution in [0, 0.1) is 11.8 Å². The summed E-state index contributed by atoms with van der Waals surface area (Å²) in [6, 6.07) is 7.37. The fraction of sp³-hybridized carbons (Fsp3) is 0.471. The molecule has 25 heavy (non-hydrogen) atoms. The molecule has 0 spiro atoms. The minimum atomic E-state index is -0.0394. The van der Waals surface area contributed by atoms with E-state index in [4.69, 9.17) is 0 Å². The lowest BCUT2D eigenvalue weighted by Gasteiger charge is -2.31. The van der Waals surface area contributed by atoms with Crippen molar-refractivity contribution in [1.82, 2.24) is 25.1 Å². The van der Waals surface area contributed by atoms with Gasteiger partial charge in [0.1, 0.15) is 6.33 Å². The van der Waals surface area contributed by atoms with Crippen molar-refractivity contribution < 1.29 is 9.59 Å². The van der Waals surface area contributed by atoms with Crippen LogP contribution in [0.4, 0.5) is 5.69 Å². The van der Waals surface area contributed by atoms with Gasteiger partial charge in [-0.25, -0.2) is 4.68 Å². The Hall–Kier alpha value is -2.77. The number of hydrogen-bond donors (Lipinski definition) is 1. The first-order chi connectivity index (χ1) is 12.2. The van der Waals surface area contributed by atoms with Gasteiger partial charge in [0.05, 0.1) is 5.69 Å². The zero-order valence-corrected chi connectivity index (χ0v) is 13.8. The van der Waals surface area contributed by atoms with Crippen molar-refractivity contribution in [2.45, 2.75) is 25.7 Å². The third-order valence-electron chi connectivity index (χ3n) is 4.85. The van der Waals surface area contributed by atoms with Crippen LogP contribution < -0.4 is 5.32 Å². The van der Waals surface area contributed by atoms with Crippen molar-refractivity contribution in [3.05, 3.63) is 30.6 Å². The molecule has 4 rings (SSSR count). The summed E-state index contributed by atoms with van der Waals surface area (Å²) < 4.78 is 1.55. The van der Waals surface area contributed by atoms with Crippen LogP contribution >= 0.6 is 0 Å². The third-order valence-corrected chi connectivity index (χ3v) is 4.85. The lowest BCUT2D eigenvalue weighted by atomic mass is 9.95. The zero-order chi connectivity index (χ0) is 17.2. The molecular weight excluding hydrogens is 320 g/mol. The molecule has 2 amide bonds. The number of aromatic nitrogens is 4. The maximum Gasteiger partial charge on any atom is 0.227 e. The Balaban J connectivity index is 1.31. The number of benzene rings is 1. The molecule has 0 atom stereocenters. The number of hydrogen-bond acceptors (Lipinski definition) is 5. The van der Waals surface area contributed by atoms with Crippen molar-refractivity contribution in [3.63, 3.8) is 0 Å². The monoisotopic (exact) mass is 340 g/mol. The Bertz CT molecular complexity index is 746. The maximum atomic E-state index is 12.5. The second-order valence-corrected chi connectivity index (χ2v) is 6.66. The van der Waals surface area contributed by atoms with E-state index in [0.717, 1.165) is 37.1 Å². The number of rotatable bonds is 4. The van der Waals surface area contributed by atoms with Crippen LogP contribution in [-0.4, -0.2) is 50.0 Å². The number of piperidine rings is 1. The summed E-state index contributed by atoms with van der Waals surface area (Å²) in [4.78, 5) is 26.4. The standard InChI is InChI=1S/C17H20N6O2/c24-16(12-7-9-22(10-8-12)17(25)13-1-2-13)19-14-3-5-15(6-4-14)23-11-18-20-21-23/h3-6,11-13H,1-2,7-10H2,(H,19,24). The van der Waals surface area contributed by atoms with Gasteiger partial charge in [0.25, 0.3) is 0 Å². The number of tetrazole rings is 1. The Labute approximate surface area is 145 Å². The fourth-order valence-electron chi connectivity index (χ4n) is 3.17. The van der Waals surface area contributed by atoms with E-state index in [2.05, 4.69) is 20.8 Å². The first-order valence-electron chi connectivity index (χ1n) is 8.64. The van der Waals surface area contributed by atoms with Gasteiger partial charge in [0.15, 0.2) is 0 Å². The molecule has 2 fully saturated rings. The Morgan fingerprint density at radius 2 is 1.72 bits per heavy atom. The first-order valence-corrected chi connectivity index (χ1v) is 8.64. The topological polar surface area (TPSA) is 93.0 Å². The highest BCUT2D eigenvalue weighted by molar-refractivity contribution is 5.93. The molecule has 2 aliphatic rings. The highest BCUT2D eigenvalue weighted by atomic mass is 16.2. The largest absolute Gasteiger partial charge is 0.342 e. The van der Waals surface area contributed by atoms with Crippen LogP contribution in [0.3, 0.4) is 0 Å². The van der Waals surface area contributed by atoms with Gasteiger partial charge in [-0.1, -0.05) is 0 Å². The maximum absolute atomic E-state index is 12.5. The van der Waals surface area contributed by atoms with Gasteiger partial charge in [-0.2, -0.15) is 0 Å². The molecule has 0 unspecified atom stereocenters. The van der Waals surface area contributed by atoms with Crippen molar-refractivity contribution in [2.24, 2.45) is 11.8 Å². The van der Waals surface area contributed by atoms with Crippen LogP contribution in [0.25, 0.3) is 5.69 Å². The van der Waals surface area contributed by atoms with Crippen LogP contribution in [-0.2, 0) is 9.59 Å². The molecule has 1 aromatic heterocycles. The van der Waals surface area contributed by atoms with E-state index in [9.17, 15) is 9.59 Å². The summed E-state index contributed by atoms with van der Waals surface area (Å²) >= 11 is 0. The Morgan fingerprint density at radius 1 is 1.00 bits per heavy atom. The number of carbonyl (C=O) groups excluding carboxylic acids is 2.